The van der Waals surface area contributed by atoms with Crippen molar-refractivity contribution in [3.8, 4) is 0 Å². The van der Waals surface area contributed by atoms with Crippen molar-refractivity contribution in [3.63, 3.8) is 0 Å². The van der Waals surface area contributed by atoms with Gasteiger partial charge in [-0.05, 0) is 0 Å². The van der Waals surface area contributed by atoms with Gasteiger partial charge in [0.05, 0.1) is 22.8 Å². The van der Waals surface area contributed by atoms with E-state index in [1.807, 2.05) is 0 Å². The second kappa shape index (κ2) is 4.95. The van der Waals surface area contributed by atoms with Crippen LogP contribution in [0.4, 0.5) is 17.3 Å². The number of pyridine rings is 1. The van der Waals surface area contributed by atoms with E-state index in [0.29, 0.717) is 0 Å². The van der Waals surface area contributed by atoms with Gasteiger partial charge >= 0.3 is 0 Å². The van der Waals surface area contributed by atoms with Gasteiger partial charge in [-0.3, -0.25) is 10.1 Å². The van der Waals surface area contributed by atoms with E-state index in [0.717, 1.165) is 12.3 Å². The second-order valence-corrected chi connectivity index (χ2v) is 5.71. The second-order valence-electron chi connectivity index (χ2n) is 3.45. The van der Waals surface area contributed by atoms with Crippen LogP contribution >= 0.6 is 0 Å². The Morgan fingerprint density at radius 3 is 2.71 bits per heavy atom. The van der Waals surface area contributed by atoms with Crippen molar-refractivity contribution in [2.75, 3.05) is 29.6 Å². The summed E-state index contributed by atoms with van der Waals surface area (Å²) in [7, 11) is -3.09. The summed E-state index contributed by atoms with van der Waals surface area (Å²) in [6, 6.07) is 2.32. The van der Waals surface area contributed by atoms with E-state index in [1.165, 1.54) is 6.07 Å². The highest BCUT2D eigenvalue weighted by molar-refractivity contribution is 7.90. The van der Waals surface area contributed by atoms with E-state index >= 15 is 0 Å². The largest absolute Gasteiger partial charge is 0.383 e. The van der Waals surface area contributed by atoms with Crippen LogP contribution in [-0.2, 0) is 9.84 Å². The third-order valence-corrected chi connectivity index (χ3v) is 2.77. The standard InChI is InChI=1S/C8H12N4O4S/c1-17(15,16)3-2-10-8-5-6(12(13)14)4-7(9)11-8/h4-5H,2-3H2,1H3,(H3,9,10,11). The Hall–Kier alpha value is -1.90. The zero-order chi connectivity index (χ0) is 13.1. The number of nitrogens with two attached hydrogens (primary N) is 1. The van der Waals surface area contributed by atoms with Gasteiger partial charge in [-0.2, -0.15) is 0 Å². The minimum atomic E-state index is -3.09. The molecule has 0 atom stereocenters. The normalized spacial score (nSPS) is 11.1. The molecule has 0 saturated heterocycles. The summed E-state index contributed by atoms with van der Waals surface area (Å²) < 4.78 is 21.7. The third-order valence-electron chi connectivity index (χ3n) is 1.82. The van der Waals surface area contributed by atoms with Crippen LogP contribution in [0.25, 0.3) is 0 Å². The van der Waals surface area contributed by atoms with E-state index in [-0.39, 0.29) is 29.6 Å². The topological polar surface area (TPSA) is 128 Å². The molecular formula is C8H12N4O4S. The molecule has 0 spiro atoms. The summed E-state index contributed by atoms with van der Waals surface area (Å²) in [5, 5.41) is 13.2. The Morgan fingerprint density at radius 1 is 1.53 bits per heavy atom. The summed E-state index contributed by atoms with van der Waals surface area (Å²) in [6.45, 7) is 0.118. The molecular weight excluding hydrogens is 248 g/mol. The first kappa shape index (κ1) is 13.2. The summed E-state index contributed by atoms with van der Waals surface area (Å²) in [6.07, 6.45) is 1.10. The molecule has 0 unspecified atom stereocenters. The van der Waals surface area contributed by atoms with Crippen molar-refractivity contribution in [3.05, 3.63) is 22.2 Å². The molecule has 0 bridgehead atoms. The number of rotatable bonds is 5. The number of nitrogens with one attached hydrogen (secondary N) is 1. The SMILES string of the molecule is CS(=O)(=O)CCNc1cc([N+](=O)[O-])cc(N)n1. The number of hydrogen-bond donors (Lipinski definition) is 2. The van der Waals surface area contributed by atoms with E-state index in [9.17, 15) is 18.5 Å². The molecule has 1 aromatic heterocycles. The molecule has 0 amide bonds. The Kier molecular flexibility index (Phi) is 3.84. The summed E-state index contributed by atoms with van der Waals surface area (Å²) in [5.41, 5.74) is 5.19. The van der Waals surface area contributed by atoms with E-state index < -0.39 is 14.8 Å². The molecule has 0 aliphatic carbocycles. The maximum absolute atomic E-state index is 10.9. The number of sulfone groups is 1. The molecule has 0 radical (unpaired) electrons. The van der Waals surface area contributed by atoms with Crippen molar-refractivity contribution < 1.29 is 13.3 Å². The van der Waals surface area contributed by atoms with Crippen LogP contribution in [0.3, 0.4) is 0 Å². The van der Waals surface area contributed by atoms with Gasteiger partial charge in [0.15, 0.2) is 0 Å². The maximum Gasteiger partial charge on any atom is 0.276 e. The van der Waals surface area contributed by atoms with Gasteiger partial charge in [-0.25, -0.2) is 13.4 Å². The van der Waals surface area contributed by atoms with Gasteiger partial charge in [0.2, 0.25) is 0 Å². The Bertz CT molecular complexity index is 528. The number of nitrogens with zero attached hydrogens (tertiary/aromatic N) is 2. The van der Waals surface area contributed by atoms with E-state index in [1.54, 1.807) is 0 Å². The first-order valence-electron chi connectivity index (χ1n) is 4.61. The molecule has 8 nitrogen and oxygen atoms in total. The number of anilines is 2. The first-order valence-corrected chi connectivity index (χ1v) is 6.67. The number of hydrogen-bond acceptors (Lipinski definition) is 7. The lowest BCUT2D eigenvalue weighted by molar-refractivity contribution is -0.384. The first-order chi connectivity index (χ1) is 7.78. The van der Waals surface area contributed by atoms with Crippen molar-refractivity contribution in [1.82, 2.24) is 4.98 Å². The number of aromatic nitrogens is 1. The predicted molar refractivity (Wildman–Crippen MR) is 63.5 cm³/mol. The third kappa shape index (κ3) is 4.64. The maximum atomic E-state index is 10.9. The van der Waals surface area contributed by atoms with Crippen molar-refractivity contribution in [2.45, 2.75) is 0 Å². The molecule has 0 aliphatic rings. The summed E-state index contributed by atoms with van der Waals surface area (Å²) in [5.74, 6) is 0.0958. The summed E-state index contributed by atoms with van der Waals surface area (Å²) in [4.78, 5) is 13.7. The zero-order valence-corrected chi connectivity index (χ0v) is 9.90. The molecule has 94 valence electrons. The lowest BCUT2D eigenvalue weighted by atomic mass is 10.4. The van der Waals surface area contributed by atoms with E-state index in [4.69, 9.17) is 5.73 Å². The molecule has 0 fully saturated rings. The minimum Gasteiger partial charge on any atom is -0.383 e. The highest BCUT2D eigenvalue weighted by atomic mass is 32.2. The Morgan fingerprint density at radius 2 is 2.18 bits per heavy atom. The Labute approximate surface area is 97.9 Å². The fourth-order valence-electron chi connectivity index (χ4n) is 1.10. The minimum absolute atomic E-state index is 0.000977. The van der Waals surface area contributed by atoms with Crippen LogP contribution in [0, 0.1) is 10.1 Å². The van der Waals surface area contributed by atoms with Crippen molar-refractivity contribution in [1.29, 1.82) is 0 Å². The van der Waals surface area contributed by atoms with Gasteiger partial charge in [0.1, 0.15) is 21.5 Å². The van der Waals surface area contributed by atoms with Gasteiger partial charge in [0.25, 0.3) is 5.69 Å². The van der Waals surface area contributed by atoms with E-state index in [2.05, 4.69) is 10.3 Å². The monoisotopic (exact) mass is 260 g/mol. The number of nitro groups is 1. The van der Waals surface area contributed by atoms with Gasteiger partial charge < -0.3 is 11.1 Å². The molecule has 9 heteroatoms. The van der Waals surface area contributed by atoms with Gasteiger partial charge in [-0.1, -0.05) is 0 Å². The lowest BCUT2D eigenvalue weighted by Crippen LogP contribution is -2.15. The van der Waals surface area contributed by atoms with Crippen molar-refractivity contribution in [2.24, 2.45) is 0 Å². The summed E-state index contributed by atoms with van der Waals surface area (Å²) >= 11 is 0. The molecule has 1 rings (SSSR count). The smallest absolute Gasteiger partial charge is 0.276 e. The van der Waals surface area contributed by atoms with Crippen LogP contribution in [-0.4, -0.2) is 36.9 Å². The molecule has 3 N–H and O–H groups in total. The lowest BCUT2D eigenvalue weighted by Gasteiger charge is -2.05. The van der Waals surface area contributed by atoms with Crippen molar-refractivity contribution >= 4 is 27.2 Å². The quantitative estimate of drug-likeness (QED) is 0.564. The molecule has 0 aliphatic heterocycles. The van der Waals surface area contributed by atoms with Crippen LogP contribution in [0.5, 0.6) is 0 Å². The van der Waals surface area contributed by atoms with Crippen LogP contribution < -0.4 is 11.1 Å². The molecule has 17 heavy (non-hydrogen) atoms. The highest BCUT2D eigenvalue weighted by Gasteiger charge is 2.10. The zero-order valence-electron chi connectivity index (χ0n) is 9.08. The van der Waals surface area contributed by atoms with Gasteiger partial charge in [0, 0.05) is 12.8 Å². The molecule has 0 saturated carbocycles. The fraction of sp³-hybridized carbons (Fsp3) is 0.375. The van der Waals surface area contributed by atoms with Crippen LogP contribution in [0.15, 0.2) is 12.1 Å². The van der Waals surface area contributed by atoms with Crippen LogP contribution in [0.1, 0.15) is 0 Å². The highest BCUT2D eigenvalue weighted by Crippen LogP contribution is 2.18. The number of nitrogen functional groups attached to an aromatic ring is 1. The molecule has 1 heterocycles. The Balaban J connectivity index is 2.75. The molecule has 1 aromatic rings. The average molecular weight is 260 g/mol. The van der Waals surface area contributed by atoms with Crippen LogP contribution in [0.2, 0.25) is 0 Å². The fourth-order valence-corrected chi connectivity index (χ4v) is 1.57. The molecule has 0 aromatic carbocycles. The predicted octanol–water partition coefficient (Wildman–Crippen LogP) is 0.0285. The average Bonchev–Trinajstić information content (AvgIpc) is 2.14. The van der Waals surface area contributed by atoms with Gasteiger partial charge in [-0.15, -0.1) is 0 Å².